The normalized spacial score (nSPS) is 30.7. The molecular weight excluding hydrogens is 401 g/mol. The number of rotatable bonds is 4. The van der Waals surface area contributed by atoms with Gasteiger partial charge in [-0.1, -0.05) is 12.1 Å². The van der Waals surface area contributed by atoms with E-state index in [1.54, 1.807) is 30.9 Å². The topological polar surface area (TPSA) is 68.2 Å². The minimum atomic E-state index is -0.875. The molecule has 6 nitrogen and oxygen atoms in total. The lowest BCUT2D eigenvalue weighted by Gasteiger charge is -2.56. The summed E-state index contributed by atoms with van der Waals surface area (Å²) >= 11 is 0. The zero-order valence-corrected chi connectivity index (χ0v) is 18.7. The van der Waals surface area contributed by atoms with Gasteiger partial charge in [-0.3, -0.25) is 4.79 Å². The maximum Gasteiger partial charge on any atom is 0.260 e. The average molecular weight is 436 g/mol. The van der Waals surface area contributed by atoms with E-state index in [0.717, 1.165) is 32.1 Å². The number of para-hydroxylation sites is 1. The molecule has 3 saturated heterocycles. The van der Waals surface area contributed by atoms with Gasteiger partial charge in [-0.15, -0.1) is 0 Å². The van der Waals surface area contributed by atoms with Crippen molar-refractivity contribution >= 4 is 5.91 Å². The summed E-state index contributed by atoms with van der Waals surface area (Å²) in [6, 6.07) is 6.11. The molecule has 1 N–H and O–H groups in total. The molecule has 3 aliphatic rings. The van der Waals surface area contributed by atoms with E-state index in [4.69, 9.17) is 14.2 Å². The van der Waals surface area contributed by atoms with Crippen LogP contribution in [0.2, 0.25) is 0 Å². The summed E-state index contributed by atoms with van der Waals surface area (Å²) < 4.78 is 31.8. The third kappa shape index (κ3) is 4.73. The molecule has 1 amide bonds. The van der Waals surface area contributed by atoms with Crippen LogP contribution in [0, 0.1) is 11.2 Å². The molecule has 1 aromatic carbocycles. The van der Waals surface area contributed by atoms with E-state index in [1.165, 1.54) is 12.1 Å². The summed E-state index contributed by atoms with van der Waals surface area (Å²) in [5.74, 6) is -0.497. The van der Waals surface area contributed by atoms with Crippen molar-refractivity contribution in [3.05, 3.63) is 30.1 Å². The standard InChI is InChI=1S/C24H34FNO5/c1-22(2,28)19-8-9-23(3)20(31-19)14-24(16-30-23)10-12-26(13-11-24)21(27)15-29-18-7-5-4-6-17(18)25/h4-7,19-20,28H,8-16H2,1-3H3/t19-,20-,23+/m0/s1. The number of carbonyl (C=O) groups is 1. The van der Waals surface area contributed by atoms with Crippen molar-refractivity contribution < 1.29 is 28.5 Å². The van der Waals surface area contributed by atoms with Gasteiger partial charge in [0.05, 0.1) is 30.0 Å². The Hall–Kier alpha value is -1.70. The van der Waals surface area contributed by atoms with Gasteiger partial charge < -0.3 is 24.2 Å². The fourth-order valence-corrected chi connectivity index (χ4v) is 5.08. The van der Waals surface area contributed by atoms with Gasteiger partial charge in [0.1, 0.15) is 0 Å². The van der Waals surface area contributed by atoms with Crippen molar-refractivity contribution in [1.29, 1.82) is 0 Å². The van der Waals surface area contributed by atoms with Crippen LogP contribution < -0.4 is 4.74 Å². The van der Waals surface area contributed by atoms with E-state index >= 15 is 0 Å². The van der Waals surface area contributed by atoms with Crippen LogP contribution in [0.25, 0.3) is 0 Å². The smallest absolute Gasteiger partial charge is 0.260 e. The highest BCUT2D eigenvalue weighted by molar-refractivity contribution is 5.77. The number of benzene rings is 1. The van der Waals surface area contributed by atoms with Crippen molar-refractivity contribution in [2.75, 3.05) is 26.3 Å². The quantitative estimate of drug-likeness (QED) is 0.786. The number of fused-ring (bicyclic) bond motifs is 1. The van der Waals surface area contributed by atoms with Crippen molar-refractivity contribution in [1.82, 2.24) is 4.90 Å². The number of hydrogen-bond acceptors (Lipinski definition) is 5. The van der Waals surface area contributed by atoms with Crippen LogP contribution in [0.15, 0.2) is 24.3 Å². The molecule has 3 atom stereocenters. The lowest BCUT2D eigenvalue weighted by molar-refractivity contribution is -0.271. The summed E-state index contributed by atoms with van der Waals surface area (Å²) in [5.41, 5.74) is -1.21. The molecule has 0 bridgehead atoms. The number of nitrogens with zero attached hydrogens (tertiary/aromatic N) is 1. The largest absolute Gasteiger partial charge is 0.481 e. The number of halogens is 1. The summed E-state index contributed by atoms with van der Waals surface area (Å²) in [7, 11) is 0. The summed E-state index contributed by atoms with van der Waals surface area (Å²) in [6.07, 6.45) is 3.96. The molecule has 0 aromatic heterocycles. The molecule has 3 fully saturated rings. The van der Waals surface area contributed by atoms with Crippen molar-refractivity contribution in [3.63, 3.8) is 0 Å². The second-order valence-corrected chi connectivity index (χ2v) is 10.2. The first-order valence-electron chi connectivity index (χ1n) is 11.3. The second-order valence-electron chi connectivity index (χ2n) is 10.2. The van der Waals surface area contributed by atoms with Crippen LogP contribution in [0.4, 0.5) is 4.39 Å². The van der Waals surface area contributed by atoms with Gasteiger partial charge in [-0.25, -0.2) is 4.39 Å². The maximum absolute atomic E-state index is 13.7. The SMILES string of the molecule is CC(C)(O)[C@@H]1CC[C@@]2(C)OCC3(CCN(C(=O)COc4ccccc4F)CC3)C[C@@H]2O1. The number of carbonyl (C=O) groups excluding carboxylic acids is 1. The van der Waals surface area contributed by atoms with E-state index in [9.17, 15) is 14.3 Å². The van der Waals surface area contributed by atoms with Gasteiger partial charge in [0, 0.05) is 13.1 Å². The van der Waals surface area contributed by atoms with Gasteiger partial charge in [-0.2, -0.15) is 0 Å². The highest BCUT2D eigenvalue weighted by Gasteiger charge is 2.53. The zero-order valence-electron chi connectivity index (χ0n) is 18.7. The molecule has 1 spiro atoms. The van der Waals surface area contributed by atoms with Crippen molar-refractivity contribution in [2.45, 2.75) is 76.3 Å². The first-order chi connectivity index (χ1) is 14.6. The van der Waals surface area contributed by atoms with Gasteiger partial charge in [0.15, 0.2) is 18.2 Å². The summed E-state index contributed by atoms with van der Waals surface area (Å²) in [6.45, 7) is 7.47. The minimum absolute atomic E-state index is 0.0190. The predicted molar refractivity (Wildman–Crippen MR) is 113 cm³/mol. The summed E-state index contributed by atoms with van der Waals surface area (Å²) in [4.78, 5) is 14.4. The molecule has 1 aromatic rings. The Bertz CT molecular complexity index is 801. The molecule has 7 heteroatoms. The van der Waals surface area contributed by atoms with Crippen LogP contribution in [-0.4, -0.2) is 65.6 Å². The molecular formula is C24H34FNO5. The molecule has 0 unspecified atom stereocenters. The van der Waals surface area contributed by atoms with E-state index in [2.05, 4.69) is 6.92 Å². The second kappa shape index (κ2) is 8.34. The monoisotopic (exact) mass is 435 g/mol. The van der Waals surface area contributed by atoms with Crippen molar-refractivity contribution in [2.24, 2.45) is 5.41 Å². The van der Waals surface area contributed by atoms with Crippen molar-refractivity contribution in [3.8, 4) is 5.75 Å². The number of amides is 1. The molecule has 3 aliphatic heterocycles. The lowest BCUT2D eigenvalue weighted by Crippen LogP contribution is -2.61. The zero-order chi connectivity index (χ0) is 22.3. The van der Waals surface area contributed by atoms with E-state index in [0.29, 0.717) is 19.7 Å². The van der Waals surface area contributed by atoms with Crippen LogP contribution >= 0.6 is 0 Å². The highest BCUT2D eigenvalue weighted by atomic mass is 19.1. The Morgan fingerprint density at radius 2 is 2.00 bits per heavy atom. The van der Waals surface area contributed by atoms with Crippen LogP contribution in [0.5, 0.6) is 5.75 Å². The van der Waals surface area contributed by atoms with Crippen LogP contribution in [0.3, 0.4) is 0 Å². The van der Waals surface area contributed by atoms with Gasteiger partial charge in [-0.05, 0) is 70.4 Å². The molecule has 0 aliphatic carbocycles. The molecule has 172 valence electrons. The molecule has 0 saturated carbocycles. The average Bonchev–Trinajstić information content (AvgIpc) is 2.73. The van der Waals surface area contributed by atoms with Crippen LogP contribution in [-0.2, 0) is 14.3 Å². The van der Waals surface area contributed by atoms with E-state index in [1.807, 2.05) is 0 Å². The Morgan fingerprint density at radius 3 is 2.68 bits per heavy atom. The van der Waals surface area contributed by atoms with E-state index < -0.39 is 11.4 Å². The van der Waals surface area contributed by atoms with Gasteiger partial charge in [0.25, 0.3) is 5.91 Å². The number of hydrogen-bond donors (Lipinski definition) is 1. The molecule has 3 heterocycles. The Labute approximate surface area is 183 Å². The molecule has 4 rings (SSSR count). The van der Waals surface area contributed by atoms with Gasteiger partial charge >= 0.3 is 0 Å². The molecule has 31 heavy (non-hydrogen) atoms. The number of piperidine rings is 1. The number of ether oxygens (including phenoxy) is 3. The van der Waals surface area contributed by atoms with Crippen LogP contribution in [0.1, 0.15) is 52.9 Å². The highest BCUT2D eigenvalue weighted by Crippen LogP contribution is 2.49. The summed E-state index contributed by atoms with van der Waals surface area (Å²) in [5, 5.41) is 10.4. The fraction of sp³-hybridized carbons (Fsp3) is 0.708. The Kier molecular flexibility index (Phi) is 6.05. The number of likely N-dealkylation sites (tertiary alicyclic amines) is 1. The first kappa shape index (κ1) is 22.5. The Morgan fingerprint density at radius 1 is 1.29 bits per heavy atom. The minimum Gasteiger partial charge on any atom is -0.481 e. The first-order valence-corrected chi connectivity index (χ1v) is 11.3. The third-order valence-electron chi connectivity index (χ3n) is 7.39. The predicted octanol–water partition coefficient (Wildman–Crippen LogP) is 3.31. The van der Waals surface area contributed by atoms with Gasteiger partial charge in [0.2, 0.25) is 0 Å². The number of aliphatic hydroxyl groups is 1. The lowest BCUT2D eigenvalue weighted by atomic mass is 9.68. The molecule has 0 radical (unpaired) electrons. The van der Waals surface area contributed by atoms with E-state index in [-0.39, 0.29) is 41.5 Å². The fourth-order valence-electron chi connectivity index (χ4n) is 5.08. The third-order valence-corrected chi connectivity index (χ3v) is 7.39. The Balaban J connectivity index is 1.32. The maximum atomic E-state index is 13.7.